The Bertz CT molecular complexity index is 1110. The maximum Gasteiger partial charge on any atom is 0.308 e. The van der Waals surface area contributed by atoms with Crippen LogP contribution in [0.3, 0.4) is 0 Å². The smallest absolute Gasteiger partial charge is 0.308 e. The molecule has 3 atom stereocenters. The van der Waals surface area contributed by atoms with Crippen LogP contribution >= 0.6 is 0 Å². The number of carbonyl (C=O) groups is 1. The van der Waals surface area contributed by atoms with Crippen molar-refractivity contribution in [1.29, 1.82) is 0 Å². The second-order valence-corrected chi connectivity index (χ2v) is 11.5. The number of nitrogens with zero attached hydrogens (tertiary/aromatic N) is 1. The molecule has 5 rings (SSSR count). The molecule has 2 bridgehead atoms. The van der Waals surface area contributed by atoms with E-state index in [-0.39, 0.29) is 17.8 Å². The van der Waals surface area contributed by atoms with Crippen LogP contribution in [0.15, 0.2) is 54.6 Å². The standard InChI is InChI=1S/C34H47NO4/c1-6-37-31-18-15-26(22-32(31)38-7-2)12-11-20-35(5)21-19-34(39-33(36)25(3)4)24-28-16-17-29(34)23-30(28)27-13-9-8-10-14-27/h8-10,13-15,18,22-23,25,28-29H,6-7,11-12,16-17,19-21,24H2,1-5H3/t28-,29-,34+/m1/s1. The summed E-state index contributed by atoms with van der Waals surface area (Å²) in [6, 6.07) is 17.0. The highest BCUT2D eigenvalue weighted by Crippen LogP contribution is 2.53. The maximum atomic E-state index is 12.9. The van der Waals surface area contributed by atoms with Gasteiger partial charge in [0.1, 0.15) is 5.60 Å². The molecule has 0 amide bonds. The Morgan fingerprint density at radius 3 is 2.41 bits per heavy atom. The predicted octanol–water partition coefficient (Wildman–Crippen LogP) is 7.19. The number of aryl methyl sites for hydroxylation is 1. The molecular formula is C34H47NO4. The van der Waals surface area contributed by atoms with Crippen LogP contribution in [0.5, 0.6) is 11.5 Å². The highest BCUT2D eigenvalue weighted by molar-refractivity contribution is 5.73. The number of hydrogen-bond acceptors (Lipinski definition) is 5. The van der Waals surface area contributed by atoms with Gasteiger partial charge in [0.25, 0.3) is 0 Å². The molecule has 0 radical (unpaired) electrons. The zero-order valence-corrected chi connectivity index (χ0v) is 24.6. The summed E-state index contributed by atoms with van der Waals surface area (Å²) >= 11 is 0. The monoisotopic (exact) mass is 533 g/mol. The number of rotatable bonds is 14. The summed E-state index contributed by atoms with van der Waals surface area (Å²) in [4.78, 5) is 15.3. The highest BCUT2D eigenvalue weighted by Gasteiger charge is 2.50. The van der Waals surface area contributed by atoms with Crippen molar-refractivity contribution in [2.75, 3.05) is 33.4 Å². The van der Waals surface area contributed by atoms with Crippen molar-refractivity contribution in [1.82, 2.24) is 4.90 Å². The quantitative estimate of drug-likeness (QED) is 0.241. The van der Waals surface area contributed by atoms with E-state index >= 15 is 0 Å². The van der Waals surface area contributed by atoms with Crippen LogP contribution in [-0.2, 0) is 16.0 Å². The Labute approximate surface area is 235 Å². The van der Waals surface area contributed by atoms with Gasteiger partial charge in [0.05, 0.1) is 19.1 Å². The van der Waals surface area contributed by atoms with E-state index in [2.05, 4.69) is 60.5 Å². The van der Waals surface area contributed by atoms with Crippen LogP contribution in [0.4, 0.5) is 0 Å². The fourth-order valence-electron chi connectivity index (χ4n) is 6.20. The van der Waals surface area contributed by atoms with E-state index in [1.54, 1.807) is 0 Å². The van der Waals surface area contributed by atoms with E-state index in [1.807, 2.05) is 33.8 Å². The average Bonchev–Trinajstić information content (AvgIpc) is 2.94. The summed E-state index contributed by atoms with van der Waals surface area (Å²) in [7, 11) is 2.19. The molecule has 2 aromatic rings. The molecule has 0 unspecified atom stereocenters. The molecule has 5 nitrogen and oxygen atoms in total. The third kappa shape index (κ3) is 7.25. The van der Waals surface area contributed by atoms with Gasteiger partial charge in [-0.05, 0) is 94.3 Å². The molecule has 5 heteroatoms. The lowest BCUT2D eigenvalue weighted by Gasteiger charge is -2.50. The zero-order chi connectivity index (χ0) is 27.8. The first-order chi connectivity index (χ1) is 18.8. The van der Waals surface area contributed by atoms with Gasteiger partial charge in [-0.2, -0.15) is 0 Å². The van der Waals surface area contributed by atoms with Gasteiger partial charge in [0.2, 0.25) is 0 Å². The normalized spacial score (nSPS) is 22.2. The summed E-state index contributed by atoms with van der Waals surface area (Å²) in [5, 5.41) is 0. The van der Waals surface area contributed by atoms with Crippen LogP contribution in [-0.4, -0.2) is 49.8 Å². The molecule has 2 aromatic carbocycles. The molecule has 0 aromatic heterocycles. The molecular weight excluding hydrogens is 486 g/mol. The minimum Gasteiger partial charge on any atom is -0.490 e. The summed E-state index contributed by atoms with van der Waals surface area (Å²) in [5.41, 5.74) is 3.62. The maximum absolute atomic E-state index is 12.9. The topological polar surface area (TPSA) is 48.0 Å². The lowest BCUT2D eigenvalue weighted by Crippen LogP contribution is -2.51. The first-order valence-corrected chi connectivity index (χ1v) is 14.9. The minimum absolute atomic E-state index is 0.0690. The third-order valence-corrected chi connectivity index (χ3v) is 8.33. The van der Waals surface area contributed by atoms with Crippen LogP contribution in [0.1, 0.15) is 70.9 Å². The predicted molar refractivity (Wildman–Crippen MR) is 158 cm³/mol. The summed E-state index contributed by atoms with van der Waals surface area (Å²) in [5.74, 6) is 2.17. The molecule has 212 valence electrons. The Balaban J connectivity index is 1.38. The van der Waals surface area contributed by atoms with Gasteiger partial charge in [0.15, 0.2) is 11.5 Å². The van der Waals surface area contributed by atoms with E-state index in [0.29, 0.717) is 19.1 Å². The molecule has 0 aliphatic heterocycles. The van der Waals surface area contributed by atoms with Crippen molar-refractivity contribution < 1.29 is 19.0 Å². The molecule has 3 aliphatic rings. The lowest BCUT2D eigenvalue weighted by atomic mass is 9.60. The molecule has 0 N–H and O–H groups in total. The number of ether oxygens (including phenoxy) is 3. The molecule has 0 spiro atoms. The van der Waals surface area contributed by atoms with Crippen molar-refractivity contribution in [3.05, 3.63) is 65.7 Å². The molecule has 39 heavy (non-hydrogen) atoms. The summed E-state index contributed by atoms with van der Waals surface area (Å²) in [6.07, 6.45) is 8.54. The Morgan fingerprint density at radius 1 is 1.00 bits per heavy atom. The van der Waals surface area contributed by atoms with Gasteiger partial charge < -0.3 is 19.1 Å². The Hall–Kier alpha value is -2.79. The Morgan fingerprint density at radius 2 is 1.74 bits per heavy atom. The van der Waals surface area contributed by atoms with Gasteiger partial charge in [-0.25, -0.2) is 0 Å². The van der Waals surface area contributed by atoms with Crippen molar-refractivity contribution in [2.24, 2.45) is 17.8 Å². The molecule has 1 saturated carbocycles. The number of fused-ring (bicyclic) bond motifs is 2. The van der Waals surface area contributed by atoms with Crippen molar-refractivity contribution in [3.8, 4) is 11.5 Å². The number of benzene rings is 2. The number of carbonyl (C=O) groups excluding carboxylic acids is 1. The molecule has 0 saturated heterocycles. The average molecular weight is 534 g/mol. The number of hydrogen-bond donors (Lipinski definition) is 0. The van der Waals surface area contributed by atoms with Crippen LogP contribution in [0, 0.1) is 17.8 Å². The van der Waals surface area contributed by atoms with E-state index in [1.165, 1.54) is 23.1 Å². The molecule has 0 heterocycles. The van der Waals surface area contributed by atoms with E-state index < -0.39 is 5.60 Å². The minimum atomic E-state index is -0.404. The van der Waals surface area contributed by atoms with Gasteiger partial charge >= 0.3 is 5.97 Å². The number of esters is 1. The Kier molecular flexibility index (Phi) is 10.1. The number of allylic oxidation sites excluding steroid dienone is 1. The van der Waals surface area contributed by atoms with Gasteiger partial charge in [0, 0.05) is 18.9 Å². The van der Waals surface area contributed by atoms with Crippen LogP contribution < -0.4 is 9.47 Å². The SMILES string of the molecule is CCOc1ccc(CCCN(C)CC[C@]2(OC(=O)C(C)C)C[C@H]3CC[C@@H]2C=C3c2ccccc2)cc1OCC. The van der Waals surface area contributed by atoms with Crippen LogP contribution in [0.2, 0.25) is 0 Å². The van der Waals surface area contributed by atoms with Gasteiger partial charge in [-0.1, -0.05) is 56.3 Å². The molecule has 1 fully saturated rings. The van der Waals surface area contributed by atoms with E-state index in [9.17, 15) is 4.79 Å². The van der Waals surface area contributed by atoms with Crippen molar-refractivity contribution >= 4 is 11.5 Å². The first-order valence-electron chi connectivity index (χ1n) is 14.9. The summed E-state index contributed by atoms with van der Waals surface area (Å²) in [6.45, 7) is 11.0. The largest absolute Gasteiger partial charge is 0.490 e. The third-order valence-electron chi connectivity index (χ3n) is 8.33. The second-order valence-electron chi connectivity index (χ2n) is 11.5. The lowest BCUT2D eigenvalue weighted by molar-refractivity contribution is -0.176. The highest BCUT2D eigenvalue weighted by atomic mass is 16.6. The van der Waals surface area contributed by atoms with Gasteiger partial charge in [-0.15, -0.1) is 0 Å². The summed E-state index contributed by atoms with van der Waals surface area (Å²) < 4.78 is 17.9. The van der Waals surface area contributed by atoms with Crippen molar-refractivity contribution in [3.63, 3.8) is 0 Å². The second kappa shape index (κ2) is 13.5. The first kappa shape index (κ1) is 29.2. The fraction of sp³-hybridized carbons (Fsp3) is 0.559. The van der Waals surface area contributed by atoms with E-state index in [0.717, 1.165) is 56.7 Å². The zero-order valence-electron chi connectivity index (χ0n) is 24.6. The van der Waals surface area contributed by atoms with Crippen LogP contribution in [0.25, 0.3) is 5.57 Å². The fourth-order valence-corrected chi connectivity index (χ4v) is 6.20. The van der Waals surface area contributed by atoms with Crippen molar-refractivity contribution in [2.45, 2.75) is 71.8 Å². The molecule has 3 aliphatic carbocycles. The van der Waals surface area contributed by atoms with Gasteiger partial charge in [-0.3, -0.25) is 4.79 Å². The van der Waals surface area contributed by atoms with E-state index in [4.69, 9.17) is 14.2 Å².